The normalized spacial score (nSPS) is 17.9. The van der Waals surface area contributed by atoms with Crippen LogP contribution in [0.25, 0.3) is 0 Å². The lowest BCUT2D eigenvalue weighted by atomic mass is 9.96. The molecule has 0 bridgehead atoms. The Morgan fingerprint density at radius 2 is 2.00 bits per heavy atom. The van der Waals surface area contributed by atoms with Crippen molar-refractivity contribution in [2.24, 2.45) is 0 Å². The molecule has 0 heterocycles. The van der Waals surface area contributed by atoms with Gasteiger partial charge in [0.15, 0.2) is 0 Å². The molecule has 0 N–H and O–H groups in total. The third kappa shape index (κ3) is 2.14. The SMILES string of the molecule is BrCc1cccc(C2CCCC2)c1. The second-order valence-electron chi connectivity index (χ2n) is 3.86. The maximum atomic E-state index is 3.50. The van der Waals surface area contributed by atoms with Gasteiger partial charge in [-0.15, -0.1) is 0 Å². The fourth-order valence-corrected chi connectivity index (χ4v) is 2.54. The fraction of sp³-hybridized carbons (Fsp3) is 0.500. The van der Waals surface area contributed by atoms with E-state index in [1.807, 2.05) is 0 Å². The van der Waals surface area contributed by atoms with E-state index in [-0.39, 0.29) is 0 Å². The first-order valence-corrected chi connectivity index (χ1v) is 6.17. The predicted molar refractivity (Wildman–Crippen MR) is 60.3 cm³/mol. The molecule has 2 rings (SSSR count). The van der Waals surface area contributed by atoms with Crippen LogP contribution in [0.3, 0.4) is 0 Å². The first-order chi connectivity index (χ1) is 6.40. The first kappa shape index (κ1) is 9.26. The molecule has 0 nitrogen and oxygen atoms in total. The molecule has 0 saturated heterocycles. The Morgan fingerprint density at radius 1 is 1.23 bits per heavy atom. The van der Waals surface area contributed by atoms with Crippen LogP contribution >= 0.6 is 15.9 Å². The number of hydrogen-bond acceptors (Lipinski definition) is 0. The molecule has 1 fully saturated rings. The lowest BCUT2D eigenvalue weighted by Gasteiger charge is -2.09. The van der Waals surface area contributed by atoms with Crippen LogP contribution in [0.15, 0.2) is 24.3 Å². The summed E-state index contributed by atoms with van der Waals surface area (Å²) in [5.41, 5.74) is 2.96. The molecule has 1 aromatic rings. The Balaban J connectivity index is 2.18. The van der Waals surface area contributed by atoms with E-state index < -0.39 is 0 Å². The topological polar surface area (TPSA) is 0 Å². The van der Waals surface area contributed by atoms with Gasteiger partial charge in [-0.05, 0) is 29.9 Å². The summed E-state index contributed by atoms with van der Waals surface area (Å²) in [5, 5.41) is 0.980. The molecule has 0 aromatic heterocycles. The third-order valence-electron chi connectivity index (χ3n) is 2.93. The van der Waals surface area contributed by atoms with E-state index in [1.165, 1.54) is 31.2 Å². The summed E-state index contributed by atoms with van der Waals surface area (Å²) in [4.78, 5) is 0. The van der Waals surface area contributed by atoms with Crippen LogP contribution in [-0.2, 0) is 5.33 Å². The standard InChI is InChI=1S/C12H15Br/c13-9-10-4-3-7-12(8-10)11-5-1-2-6-11/h3-4,7-8,11H,1-2,5-6,9H2. The number of alkyl halides is 1. The van der Waals surface area contributed by atoms with Gasteiger partial charge in [0.05, 0.1) is 0 Å². The van der Waals surface area contributed by atoms with E-state index in [1.54, 1.807) is 5.56 Å². The van der Waals surface area contributed by atoms with E-state index in [9.17, 15) is 0 Å². The molecule has 0 radical (unpaired) electrons. The van der Waals surface area contributed by atoms with Crippen molar-refractivity contribution < 1.29 is 0 Å². The highest BCUT2D eigenvalue weighted by molar-refractivity contribution is 9.08. The van der Waals surface area contributed by atoms with Gasteiger partial charge in [0.25, 0.3) is 0 Å². The van der Waals surface area contributed by atoms with Gasteiger partial charge in [0.2, 0.25) is 0 Å². The lowest BCUT2D eigenvalue weighted by Crippen LogP contribution is -1.92. The average Bonchev–Trinajstić information content (AvgIpc) is 2.71. The summed E-state index contributed by atoms with van der Waals surface area (Å²) in [7, 11) is 0. The van der Waals surface area contributed by atoms with Gasteiger partial charge in [-0.1, -0.05) is 53.0 Å². The third-order valence-corrected chi connectivity index (χ3v) is 3.58. The molecular weight excluding hydrogens is 224 g/mol. The zero-order valence-corrected chi connectivity index (χ0v) is 9.39. The van der Waals surface area contributed by atoms with Crippen LogP contribution in [0.1, 0.15) is 42.7 Å². The Hall–Kier alpha value is -0.300. The van der Waals surface area contributed by atoms with Gasteiger partial charge in [-0.3, -0.25) is 0 Å². The quantitative estimate of drug-likeness (QED) is 0.677. The van der Waals surface area contributed by atoms with Crippen LogP contribution < -0.4 is 0 Å². The van der Waals surface area contributed by atoms with Crippen molar-refractivity contribution in [2.75, 3.05) is 0 Å². The van der Waals surface area contributed by atoms with Crippen molar-refractivity contribution >= 4 is 15.9 Å². The molecule has 0 spiro atoms. The highest BCUT2D eigenvalue weighted by Gasteiger charge is 2.16. The zero-order valence-electron chi connectivity index (χ0n) is 7.80. The van der Waals surface area contributed by atoms with Crippen LogP contribution in [0.4, 0.5) is 0 Å². The molecule has 13 heavy (non-hydrogen) atoms. The number of halogens is 1. The maximum absolute atomic E-state index is 3.50. The van der Waals surface area contributed by atoms with Crippen LogP contribution in [0.2, 0.25) is 0 Å². The second kappa shape index (κ2) is 4.28. The molecule has 0 amide bonds. The van der Waals surface area contributed by atoms with Crippen LogP contribution in [0, 0.1) is 0 Å². The van der Waals surface area contributed by atoms with E-state index >= 15 is 0 Å². The summed E-state index contributed by atoms with van der Waals surface area (Å²) >= 11 is 3.50. The summed E-state index contributed by atoms with van der Waals surface area (Å²) in [6, 6.07) is 9.00. The Bertz CT molecular complexity index is 274. The largest absolute Gasteiger partial charge is 0.0876 e. The van der Waals surface area contributed by atoms with E-state index in [4.69, 9.17) is 0 Å². The van der Waals surface area contributed by atoms with Crippen molar-refractivity contribution in [1.29, 1.82) is 0 Å². The smallest absolute Gasteiger partial charge is 0.0283 e. The van der Waals surface area contributed by atoms with Gasteiger partial charge < -0.3 is 0 Å². The number of benzene rings is 1. The minimum Gasteiger partial charge on any atom is -0.0876 e. The predicted octanol–water partition coefficient (Wildman–Crippen LogP) is 4.24. The number of rotatable bonds is 2. The van der Waals surface area contributed by atoms with Crippen molar-refractivity contribution in [3.05, 3.63) is 35.4 Å². The lowest BCUT2D eigenvalue weighted by molar-refractivity contribution is 0.722. The molecule has 0 atom stereocenters. The van der Waals surface area contributed by atoms with E-state index in [2.05, 4.69) is 40.2 Å². The summed E-state index contributed by atoms with van der Waals surface area (Å²) in [5.74, 6) is 0.846. The van der Waals surface area contributed by atoms with Gasteiger partial charge in [0.1, 0.15) is 0 Å². The molecule has 1 saturated carbocycles. The first-order valence-electron chi connectivity index (χ1n) is 5.05. The minimum atomic E-state index is 0.846. The van der Waals surface area contributed by atoms with E-state index in [0.29, 0.717) is 0 Å². The van der Waals surface area contributed by atoms with Gasteiger partial charge >= 0.3 is 0 Å². The molecule has 0 unspecified atom stereocenters. The van der Waals surface area contributed by atoms with E-state index in [0.717, 1.165) is 11.2 Å². The average molecular weight is 239 g/mol. The monoisotopic (exact) mass is 238 g/mol. The Morgan fingerprint density at radius 3 is 2.69 bits per heavy atom. The van der Waals surface area contributed by atoms with Gasteiger partial charge in [-0.2, -0.15) is 0 Å². The minimum absolute atomic E-state index is 0.846. The Labute approximate surface area is 88.5 Å². The highest BCUT2D eigenvalue weighted by atomic mass is 79.9. The van der Waals surface area contributed by atoms with Crippen molar-refractivity contribution in [1.82, 2.24) is 0 Å². The van der Waals surface area contributed by atoms with Crippen molar-refractivity contribution in [3.63, 3.8) is 0 Å². The second-order valence-corrected chi connectivity index (χ2v) is 4.42. The molecule has 1 aromatic carbocycles. The zero-order chi connectivity index (χ0) is 9.10. The molecule has 0 aliphatic heterocycles. The molecule has 1 heteroatoms. The van der Waals surface area contributed by atoms with Crippen LogP contribution in [-0.4, -0.2) is 0 Å². The fourth-order valence-electron chi connectivity index (χ4n) is 2.19. The summed E-state index contributed by atoms with van der Waals surface area (Å²) < 4.78 is 0. The van der Waals surface area contributed by atoms with Crippen molar-refractivity contribution in [3.8, 4) is 0 Å². The van der Waals surface area contributed by atoms with Crippen molar-refractivity contribution in [2.45, 2.75) is 36.9 Å². The molecule has 1 aliphatic carbocycles. The number of hydrogen-bond donors (Lipinski definition) is 0. The molecule has 70 valence electrons. The van der Waals surface area contributed by atoms with Gasteiger partial charge in [-0.25, -0.2) is 0 Å². The maximum Gasteiger partial charge on any atom is 0.0283 e. The summed E-state index contributed by atoms with van der Waals surface area (Å²) in [6.45, 7) is 0. The Kier molecular flexibility index (Phi) is 3.05. The molecule has 1 aliphatic rings. The van der Waals surface area contributed by atoms with Crippen LogP contribution in [0.5, 0.6) is 0 Å². The van der Waals surface area contributed by atoms with Gasteiger partial charge in [0, 0.05) is 5.33 Å². The molecular formula is C12H15Br. The highest BCUT2D eigenvalue weighted by Crippen LogP contribution is 2.34. The summed E-state index contributed by atoms with van der Waals surface area (Å²) in [6.07, 6.45) is 5.63.